The Hall–Kier alpha value is -4.72. The van der Waals surface area contributed by atoms with E-state index in [1.807, 2.05) is 0 Å². The fourth-order valence-electron chi connectivity index (χ4n) is 3.77. The standard InChI is InChI=1S/C24H18F3N7O3S/c1-28-22-31-17-5-4-14(9-18(17)38-22)30-21-32-23(36)34(11-13-3-2-6-29-20(13)35)24(37)33(21)10-12-7-15(25)19(27)16(26)8-12/h2-9H,10-11H2,1H3,(H,28,31)(H,29,35)(H,30,32,36). The molecule has 0 amide bonds. The quantitative estimate of drug-likeness (QED) is 0.271. The largest absolute Gasteiger partial charge is 0.365 e. The van der Waals surface area contributed by atoms with Crippen LogP contribution in [0.4, 0.5) is 29.9 Å². The van der Waals surface area contributed by atoms with E-state index in [0.717, 1.165) is 31.5 Å². The lowest BCUT2D eigenvalue weighted by Crippen LogP contribution is -2.43. The summed E-state index contributed by atoms with van der Waals surface area (Å²) in [6, 6.07) is 9.58. The summed E-state index contributed by atoms with van der Waals surface area (Å²) in [5.41, 5.74) is -1.16. The first-order valence-corrected chi connectivity index (χ1v) is 11.9. The van der Waals surface area contributed by atoms with Crippen LogP contribution in [0.15, 0.2) is 63.0 Å². The highest BCUT2D eigenvalue weighted by Crippen LogP contribution is 2.29. The van der Waals surface area contributed by atoms with Crippen molar-refractivity contribution in [3.8, 4) is 0 Å². The fraction of sp³-hybridized carbons (Fsp3) is 0.125. The number of hydrogen-bond donors (Lipinski definition) is 3. The average molecular weight is 542 g/mol. The van der Waals surface area contributed by atoms with Crippen molar-refractivity contribution in [1.29, 1.82) is 0 Å². The third kappa shape index (κ3) is 4.80. The summed E-state index contributed by atoms with van der Waals surface area (Å²) in [6.07, 6.45) is 1.40. The number of anilines is 3. The van der Waals surface area contributed by atoms with Gasteiger partial charge in [-0.3, -0.25) is 9.36 Å². The molecule has 3 heterocycles. The van der Waals surface area contributed by atoms with Crippen molar-refractivity contribution in [2.75, 3.05) is 17.7 Å². The van der Waals surface area contributed by atoms with Gasteiger partial charge in [-0.15, -0.1) is 0 Å². The number of aromatic nitrogens is 5. The second kappa shape index (κ2) is 9.97. The Labute approximate surface area is 215 Å². The first-order valence-electron chi connectivity index (χ1n) is 11.1. The Bertz CT molecular complexity index is 1840. The summed E-state index contributed by atoms with van der Waals surface area (Å²) in [4.78, 5) is 49.3. The van der Waals surface area contributed by atoms with Gasteiger partial charge in [-0.1, -0.05) is 17.4 Å². The molecule has 0 spiro atoms. The SMILES string of the molecule is CNc1nc2ccc(Nc3nc(=O)n(Cc4ccc[nH]c4=O)c(=O)n3Cc3cc(F)c(F)c(F)c3)cc2s1. The zero-order chi connectivity index (χ0) is 27.0. The van der Waals surface area contributed by atoms with Gasteiger partial charge < -0.3 is 15.6 Å². The van der Waals surface area contributed by atoms with E-state index in [1.165, 1.54) is 29.7 Å². The van der Waals surface area contributed by atoms with Crippen molar-refractivity contribution in [1.82, 2.24) is 24.1 Å². The van der Waals surface area contributed by atoms with Gasteiger partial charge >= 0.3 is 11.4 Å². The maximum absolute atomic E-state index is 13.9. The average Bonchev–Trinajstić information content (AvgIpc) is 3.31. The molecule has 3 N–H and O–H groups in total. The van der Waals surface area contributed by atoms with Crippen LogP contribution >= 0.6 is 11.3 Å². The minimum absolute atomic E-state index is 0.0901. The molecule has 0 saturated carbocycles. The molecule has 194 valence electrons. The smallest absolute Gasteiger partial charge is 0.355 e. The van der Waals surface area contributed by atoms with Crippen LogP contribution in [-0.4, -0.2) is 31.1 Å². The fourth-order valence-corrected chi connectivity index (χ4v) is 4.63. The van der Waals surface area contributed by atoms with E-state index in [0.29, 0.717) is 10.8 Å². The number of nitrogens with zero attached hydrogens (tertiary/aromatic N) is 4. The first-order chi connectivity index (χ1) is 18.2. The van der Waals surface area contributed by atoms with Crippen molar-refractivity contribution >= 4 is 38.3 Å². The third-order valence-electron chi connectivity index (χ3n) is 5.62. The van der Waals surface area contributed by atoms with Crippen LogP contribution in [-0.2, 0) is 13.1 Å². The van der Waals surface area contributed by atoms with Crippen molar-refractivity contribution < 1.29 is 13.2 Å². The molecule has 0 bridgehead atoms. The lowest BCUT2D eigenvalue weighted by atomic mass is 10.2. The maximum atomic E-state index is 13.9. The predicted octanol–water partition coefficient (Wildman–Crippen LogP) is 3.00. The lowest BCUT2D eigenvalue weighted by molar-refractivity contribution is 0.444. The minimum atomic E-state index is -1.65. The minimum Gasteiger partial charge on any atom is -0.365 e. The number of nitrogens with one attached hydrogen (secondary N) is 3. The van der Waals surface area contributed by atoms with E-state index in [-0.39, 0.29) is 17.1 Å². The van der Waals surface area contributed by atoms with Gasteiger partial charge in [0.1, 0.15) is 0 Å². The normalized spacial score (nSPS) is 11.2. The molecule has 0 aliphatic heterocycles. The number of benzene rings is 2. The number of fused-ring (bicyclic) bond motifs is 1. The Balaban J connectivity index is 1.62. The van der Waals surface area contributed by atoms with Crippen LogP contribution in [0.3, 0.4) is 0 Å². The molecule has 0 atom stereocenters. The van der Waals surface area contributed by atoms with Crippen molar-refractivity contribution in [3.05, 3.63) is 109 Å². The molecule has 38 heavy (non-hydrogen) atoms. The lowest BCUT2D eigenvalue weighted by Gasteiger charge is -2.16. The van der Waals surface area contributed by atoms with Gasteiger partial charge in [0.2, 0.25) is 5.95 Å². The number of rotatable bonds is 7. The molecule has 3 aromatic heterocycles. The summed E-state index contributed by atoms with van der Waals surface area (Å²) in [5.74, 6) is -4.74. The molecule has 14 heteroatoms. The topological polar surface area (TPSA) is 127 Å². The zero-order valence-electron chi connectivity index (χ0n) is 19.6. The molecule has 0 unspecified atom stereocenters. The van der Waals surface area contributed by atoms with Crippen LogP contribution < -0.4 is 27.6 Å². The van der Waals surface area contributed by atoms with Crippen LogP contribution in [0, 0.1) is 17.5 Å². The van der Waals surface area contributed by atoms with Crippen LogP contribution in [0.25, 0.3) is 10.2 Å². The second-order valence-corrected chi connectivity index (χ2v) is 9.18. The number of H-pyrrole nitrogens is 1. The van der Waals surface area contributed by atoms with Gasteiger partial charge in [0.25, 0.3) is 5.56 Å². The summed E-state index contributed by atoms with van der Waals surface area (Å²) < 4.78 is 43.8. The Morgan fingerprint density at radius 1 is 0.974 bits per heavy atom. The van der Waals surface area contributed by atoms with Gasteiger partial charge in [-0.2, -0.15) is 4.98 Å². The summed E-state index contributed by atoms with van der Waals surface area (Å²) in [6.45, 7) is -0.854. The molecule has 0 fully saturated rings. The number of halogens is 3. The molecular weight excluding hydrogens is 523 g/mol. The molecule has 5 aromatic rings. The zero-order valence-corrected chi connectivity index (χ0v) is 20.4. The third-order valence-corrected chi connectivity index (χ3v) is 6.66. The molecule has 2 aromatic carbocycles. The van der Waals surface area contributed by atoms with E-state index < -0.39 is 47.5 Å². The second-order valence-electron chi connectivity index (χ2n) is 8.15. The highest BCUT2D eigenvalue weighted by molar-refractivity contribution is 7.22. The number of aromatic amines is 1. The van der Waals surface area contributed by atoms with Crippen molar-refractivity contribution in [2.45, 2.75) is 13.1 Å². The van der Waals surface area contributed by atoms with Crippen molar-refractivity contribution in [3.63, 3.8) is 0 Å². The molecule has 5 rings (SSSR count). The maximum Gasteiger partial charge on any atom is 0.355 e. The molecule has 0 radical (unpaired) electrons. The van der Waals surface area contributed by atoms with Crippen LogP contribution in [0.2, 0.25) is 0 Å². The van der Waals surface area contributed by atoms with Gasteiger partial charge in [-0.05, 0) is 42.0 Å². The summed E-state index contributed by atoms with van der Waals surface area (Å²) in [5, 5.41) is 6.54. The van der Waals surface area contributed by atoms with Gasteiger partial charge in [-0.25, -0.2) is 32.3 Å². The van der Waals surface area contributed by atoms with E-state index in [1.54, 1.807) is 25.2 Å². The molecular formula is C24H18F3N7O3S. The number of thiazole rings is 1. The monoisotopic (exact) mass is 541 g/mol. The van der Waals surface area contributed by atoms with Crippen LogP contribution in [0.1, 0.15) is 11.1 Å². The first kappa shape index (κ1) is 25.0. The molecule has 0 aliphatic carbocycles. The predicted molar refractivity (Wildman–Crippen MR) is 137 cm³/mol. The van der Waals surface area contributed by atoms with Gasteiger partial charge in [0.05, 0.1) is 23.3 Å². The summed E-state index contributed by atoms with van der Waals surface area (Å²) in [7, 11) is 1.74. The molecule has 0 aliphatic rings. The van der Waals surface area contributed by atoms with E-state index in [2.05, 4.69) is 25.6 Å². The number of pyridine rings is 1. The van der Waals surface area contributed by atoms with E-state index in [4.69, 9.17) is 0 Å². The van der Waals surface area contributed by atoms with Gasteiger partial charge in [0, 0.05) is 24.5 Å². The summed E-state index contributed by atoms with van der Waals surface area (Å²) >= 11 is 1.38. The van der Waals surface area contributed by atoms with E-state index in [9.17, 15) is 27.6 Å². The number of hydrogen-bond acceptors (Lipinski definition) is 8. The Morgan fingerprint density at radius 2 is 1.74 bits per heavy atom. The molecule has 0 saturated heterocycles. The van der Waals surface area contributed by atoms with Crippen LogP contribution in [0.5, 0.6) is 0 Å². The Kier molecular flexibility index (Phi) is 6.55. The highest BCUT2D eigenvalue weighted by Gasteiger charge is 2.18. The van der Waals surface area contributed by atoms with Crippen molar-refractivity contribution in [2.24, 2.45) is 0 Å². The van der Waals surface area contributed by atoms with E-state index >= 15 is 0 Å². The molecule has 10 nitrogen and oxygen atoms in total. The Morgan fingerprint density at radius 3 is 2.45 bits per heavy atom. The van der Waals surface area contributed by atoms with Gasteiger partial charge in [0.15, 0.2) is 22.6 Å². The highest BCUT2D eigenvalue weighted by atomic mass is 32.1.